The van der Waals surface area contributed by atoms with Crippen molar-refractivity contribution < 1.29 is 4.39 Å². The summed E-state index contributed by atoms with van der Waals surface area (Å²) in [6.45, 7) is 3.65. The molecular formula is C15H12BrF. The summed E-state index contributed by atoms with van der Waals surface area (Å²) in [4.78, 5) is 0. The van der Waals surface area contributed by atoms with Gasteiger partial charge in [0, 0.05) is 15.6 Å². The molecule has 2 rings (SSSR count). The van der Waals surface area contributed by atoms with Crippen molar-refractivity contribution in [3.63, 3.8) is 0 Å². The molecule has 0 aliphatic rings. The van der Waals surface area contributed by atoms with Gasteiger partial charge in [-0.05, 0) is 18.1 Å². The maximum Gasteiger partial charge on any atom is 0.135 e. The second kappa shape index (κ2) is 5.28. The third-order valence-corrected chi connectivity index (χ3v) is 3.36. The molecule has 0 saturated heterocycles. The van der Waals surface area contributed by atoms with E-state index in [9.17, 15) is 4.39 Å². The van der Waals surface area contributed by atoms with Gasteiger partial charge in [0.15, 0.2) is 0 Å². The first kappa shape index (κ1) is 12.1. The molecule has 0 saturated carbocycles. The van der Waals surface area contributed by atoms with Gasteiger partial charge < -0.3 is 0 Å². The highest BCUT2D eigenvalue weighted by Crippen LogP contribution is 2.30. The quantitative estimate of drug-likeness (QED) is 0.699. The van der Waals surface area contributed by atoms with E-state index < -0.39 is 0 Å². The minimum absolute atomic E-state index is 0.175. The van der Waals surface area contributed by atoms with Gasteiger partial charge in [-0.25, -0.2) is 4.39 Å². The van der Waals surface area contributed by atoms with Gasteiger partial charge in [-0.2, -0.15) is 0 Å². The number of allylic oxidation sites excluding steroid dienone is 1. The first-order chi connectivity index (χ1) is 8.24. The van der Waals surface area contributed by atoms with Crippen molar-refractivity contribution in [1.29, 1.82) is 0 Å². The van der Waals surface area contributed by atoms with Gasteiger partial charge in [0.2, 0.25) is 0 Å². The minimum Gasteiger partial charge on any atom is -0.206 e. The number of hydrogen-bond acceptors (Lipinski definition) is 0. The van der Waals surface area contributed by atoms with Crippen LogP contribution in [0.3, 0.4) is 0 Å². The molecular weight excluding hydrogens is 279 g/mol. The van der Waals surface area contributed by atoms with E-state index in [1.165, 1.54) is 0 Å². The minimum atomic E-state index is -0.175. The lowest BCUT2D eigenvalue weighted by atomic mass is 10.0. The Morgan fingerprint density at radius 2 is 1.82 bits per heavy atom. The molecule has 0 bridgehead atoms. The third kappa shape index (κ3) is 2.47. The van der Waals surface area contributed by atoms with Gasteiger partial charge in [-0.3, -0.25) is 0 Å². The molecule has 0 radical (unpaired) electrons. The van der Waals surface area contributed by atoms with Gasteiger partial charge in [-0.15, -0.1) is 6.58 Å². The number of rotatable bonds is 3. The SMILES string of the molecule is C=CCc1c(Br)ccc(-c2ccccc2)c1F. The summed E-state index contributed by atoms with van der Waals surface area (Å²) < 4.78 is 15.1. The van der Waals surface area contributed by atoms with Crippen LogP contribution in [-0.4, -0.2) is 0 Å². The Balaban J connectivity index is 2.57. The molecule has 2 aromatic rings. The van der Waals surface area contributed by atoms with Crippen molar-refractivity contribution >= 4 is 15.9 Å². The lowest BCUT2D eigenvalue weighted by Crippen LogP contribution is -1.94. The van der Waals surface area contributed by atoms with Crippen LogP contribution < -0.4 is 0 Å². The molecule has 17 heavy (non-hydrogen) atoms. The van der Waals surface area contributed by atoms with E-state index in [1.807, 2.05) is 36.4 Å². The number of hydrogen-bond donors (Lipinski definition) is 0. The monoisotopic (exact) mass is 290 g/mol. The summed E-state index contributed by atoms with van der Waals surface area (Å²) in [5.41, 5.74) is 2.18. The normalized spacial score (nSPS) is 10.2. The van der Waals surface area contributed by atoms with Gasteiger partial charge in [-0.1, -0.05) is 58.4 Å². The molecule has 2 heteroatoms. The predicted molar refractivity (Wildman–Crippen MR) is 73.4 cm³/mol. The van der Waals surface area contributed by atoms with Gasteiger partial charge >= 0.3 is 0 Å². The van der Waals surface area contributed by atoms with E-state index in [1.54, 1.807) is 12.1 Å². The van der Waals surface area contributed by atoms with Crippen molar-refractivity contribution in [2.24, 2.45) is 0 Å². The lowest BCUT2D eigenvalue weighted by molar-refractivity contribution is 0.617. The van der Waals surface area contributed by atoms with E-state index in [-0.39, 0.29) is 5.82 Å². The molecule has 2 aromatic carbocycles. The first-order valence-electron chi connectivity index (χ1n) is 5.37. The standard InChI is InChI=1S/C15H12BrF/c1-2-6-13-14(16)10-9-12(15(13)17)11-7-4-3-5-8-11/h2-5,7-10H,1,6H2. The zero-order valence-electron chi connectivity index (χ0n) is 9.29. The maximum atomic E-state index is 14.3. The van der Waals surface area contributed by atoms with Crippen molar-refractivity contribution in [2.75, 3.05) is 0 Å². The molecule has 0 nitrogen and oxygen atoms in total. The molecule has 0 spiro atoms. The van der Waals surface area contributed by atoms with Crippen LogP contribution in [-0.2, 0) is 6.42 Å². The topological polar surface area (TPSA) is 0 Å². The first-order valence-corrected chi connectivity index (χ1v) is 6.16. The zero-order valence-corrected chi connectivity index (χ0v) is 10.9. The van der Waals surface area contributed by atoms with Crippen LogP contribution >= 0.6 is 15.9 Å². The van der Waals surface area contributed by atoms with Gasteiger partial charge in [0.1, 0.15) is 5.82 Å². The van der Waals surface area contributed by atoms with E-state index >= 15 is 0 Å². The molecule has 0 amide bonds. The highest BCUT2D eigenvalue weighted by molar-refractivity contribution is 9.10. The van der Waals surface area contributed by atoms with Crippen molar-refractivity contribution in [3.8, 4) is 11.1 Å². The van der Waals surface area contributed by atoms with Crippen LogP contribution in [0.4, 0.5) is 4.39 Å². The highest BCUT2D eigenvalue weighted by Gasteiger charge is 2.11. The van der Waals surface area contributed by atoms with Crippen LogP contribution in [0.2, 0.25) is 0 Å². The van der Waals surface area contributed by atoms with Crippen LogP contribution in [0.15, 0.2) is 59.6 Å². The van der Waals surface area contributed by atoms with Gasteiger partial charge in [0.05, 0.1) is 0 Å². The Morgan fingerprint density at radius 3 is 2.47 bits per heavy atom. The number of halogens is 2. The van der Waals surface area contributed by atoms with Crippen LogP contribution in [0.25, 0.3) is 11.1 Å². The molecule has 0 unspecified atom stereocenters. The summed E-state index contributed by atoms with van der Waals surface area (Å²) in [6.07, 6.45) is 2.23. The third-order valence-electron chi connectivity index (χ3n) is 2.62. The molecule has 0 atom stereocenters. The van der Waals surface area contributed by atoms with Crippen molar-refractivity contribution in [1.82, 2.24) is 0 Å². The molecule has 0 aromatic heterocycles. The molecule has 0 aliphatic heterocycles. The Hall–Kier alpha value is -1.41. The average molecular weight is 291 g/mol. The molecule has 0 N–H and O–H groups in total. The Bertz CT molecular complexity index is 532. The predicted octanol–water partition coefficient (Wildman–Crippen LogP) is 4.98. The molecule has 0 aliphatic carbocycles. The Morgan fingerprint density at radius 1 is 1.12 bits per heavy atom. The summed E-state index contributed by atoms with van der Waals surface area (Å²) in [6, 6.07) is 13.2. The largest absolute Gasteiger partial charge is 0.206 e. The van der Waals surface area contributed by atoms with E-state index in [2.05, 4.69) is 22.5 Å². The fourth-order valence-corrected chi connectivity index (χ4v) is 2.24. The fourth-order valence-electron chi connectivity index (χ4n) is 1.77. The average Bonchev–Trinajstić information content (AvgIpc) is 2.36. The zero-order chi connectivity index (χ0) is 12.3. The van der Waals surface area contributed by atoms with Crippen molar-refractivity contribution in [2.45, 2.75) is 6.42 Å². The maximum absolute atomic E-state index is 14.3. The second-order valence-corrected chi connectivity index (χ2v) is 4.60. The lowest BCUT2D eigenvalue weighted by Gasteiger charge is -2.09. The second-order valence-electron chi connectivity index (χ2n) is 3.75. The van der Waals surface area contributed by atoms with Crippen LogP contribution in [0.5, 0.6) is 0 Å². The molecule has 0 fully saturated rings. The van der Waals surface area contributed by atoms with E-state index in [4.69, 9.17) is 0 Å². The van der Waals surface area contributed by atoms with Crippen LogP contribution in [0, 0.1) is 5.82 Å². The fraction of sp³-hybridized carbons (Fsp3) is 0.0667. The summed E-state index contributed by atoms with van der Waals surface area (Å²) >= 11 is 3.37. The molecule has 0 heterocycles. The number of benzene rings is 2. The van der Waals surface area contributed by atoms with Crippen molar-refractivity contribution in [3.05, 3.63) is 71.0 Å². The summed E-state index contributed by atoms with van der Waals surface area (Å²) in [5.74, 6) is -0.175. The van der Waals surface area contributed by atoms with Gasteiger partial charge in [0.25, 0.3) is 0 Å². The van der Waals surface area contributed by atoms with Crippen LogP contribution in [0.1, 0.15) is 5.56 Å². The smallest absolute Gasteiger partial charge is 0.135 e. The van der Waals surface area contributed by atoms with E-state index in [0.29, 0.717) is 17.5 Å². The summed E-state index contributed by atoms with van der Waals surface area (Å²) in [5, 5.41) is 0. The Kier molecular flexibility index (Phi) is 3.75. The van der Waals surface area contributed by atoms with E-state index in [0.717, 1.165) is 10.0 Å². The molecule has 86 valence electrons. The Labute approximate surface area is 109 Å². The summed E-state index contributed by atoms with van der Waals surface area (Å²) in [7, 11) is 0. The highest BCUT2D eigenvalue weighted by atomic mass is 79.9.